The van der Waals surface area contributed by atoms with Crippen molar-refractivity contribution >= 4 is 51.6 Å². The highest BCUT2D eigenvalue weighted by molar-refractivity contribution is 8.13. The molecule has 0 spiro atoms. The third-order valence-electron chi connectivity index (χ3n) is 2.32. The molecule has 0 saturated heterocycles. The molecule has 0 atom stereocenters. The number of aliphatic hydroxyl groups is 1. The predicted molar refractivity (Wildman–Crippen MR) is 89.6 cm³/mol. The molecule has 23 heavy (non-hydrogen) atoms. The highest BCUT2D eigenvalue weighted by atomic mass is 35.5. The summed E-state index contributed by atoms with van der Waals surface area (Å²) >= 11 is 18.6. The Balaban J connectivity index is 2.97. The van der Waals surface area contributed by atoms with Crippen LogP contribution < -0.4 is 0 Å². The minimum absolute atomic E-state index is 0.0497. The maximum atomic E-state index is 12.8. The van der Waals surface area contributed by atoms with Crippen molar-refractivity contribution < 1.29 is 18.3 Å². The number of thioether (sulfide) groups is 1. The second-order valence-electron chi connectivity index (χ2n) is 4.13. The van der Waals surface area contributed by atoms with Crippen molar-refractivity contribution in [3.8, 4) is 0 Å². The molecule has 0 radical (unpaired) electrons. The zero-order chi connectivity index (χ0) is 17.8. The summed E-state index contributed by atoms with van der Waals surface area (Å²) in [7, 11) is 0. The molecule has 1 heterocycles. The van der Waals surface area contributed by atoms with Crippen LogP contribution in [0.4, 0.5) is 13.2 Å². The van der Waals surface area contributed by atoms with Gasteiger partial charge in [-0.15, -0.1) is 11.8 Å². The van der Waals surface area contributed by atoms with E-state index in [1.165, 1.54) is 13.1 Å². The number of halogens is 6. The predicted octanol–water partition coefficient (Wildman–Crippen LogP) is 6.21. The standard InChI is InChI=1S/C13H10Cl3F3N2OS/c1-6(22)3-10(13(17,18)19)21-7(2)23-5-8-9(14)4-20-12(16)11(8)15/h3-4,22H,1,5H2,2H3/b10-3-,21-7?. The van der Waals surface area contributed by atoms with Gasteiger partial charge in [0.25, 0.3) is 0 Å². The Labute approximate surface area is 149 Å². The van der Waals surface area contributed by atoms with Gasteiger partial charge < -0.3 is 5.11 Å². The van der Waals surface area contributed by atoms with Crippen LogP contribution in [0.25, 0.3) is 0 Å². The topological polar surface area (TPSA) is 45.5 Å². The second kappa shape index (κ2) is 8.28. The Kier molecular flexibility index (Phi) is 7.26. The largest absolute Gasteiger partial charge is 0.509 e. The first kappa shape index (κ1) is 20.2. The Hall–Kier alpha value is -0.890. The molecule has 3 nitrogen and oxygen atoms in total. The van der Waals surface area contributed by atoms with Crippen LogP contribution in [-0.4, -0.2) is 21.3 Å². The average Bonchev–Trinajstić information content (AvgIpc) is 2.41. The molecule has 0 bridgehead atoms. The molecular formula is C13H10Cl3F3N2OS. The van der Waals surface area contributed by atoms with Gasteiger partial charge in [-0.1, -0.05) is 41.4 Å². The van der Waals surface area contributed by atoms with E-state index in [1.807, 2.05) is 0 Å². The maximum Gasteiger partial charge on any atom is 0.433 e. The molecule has 0 aliphatic heterocycles. The number of alkyl halides is 3. The molecular weight excluding hydrogens is 396 g/mol. The number of aliphatic hydroxyl groups excluding tert-OH is 1. The van der Waals surface area contributed by atoms with Crippen LogP contribution in [0.5, 0.6) is 0 Å². The van der Waals surface area contributed by atoms with Crippen molar-refractivity contribution in [1.82, 2.24) is 4.98 Å². The van der Waals surface area contributed by atoms with Crippen molar-refractivity contribution in [2.24, 2.45) is 4.99 Å². The number of aromatic nitrogens is 1. The number of aliphatic imine (C=N–C) groups is 1. The lowest BCUT2D eigenvalue weighted by Crippen LogP contribution is -2.11. The first-order chi connectivity index (χ1) is 10.5. The van der Waals surface area contributed by atoms with Crippen molar-refractivity contribution in [3.05, 3.63) is 51.1 Å². The summed E-state index contributed by atoms with van der Waals surface area (Å²) in [5.74, 6) is -0.591. The summed E-state index contributed by atoms with van der Waals surface area (Å²) in [6.07, 6.45) is -2.98. The van der Waals surface area contributed by atoms with Crippen LogP contribution in [0.3, 0.4) is 0 Å². The van der Waals surface area contributed by atoms with E-state index >= 15 is 0 Å². The molecule has 0 saturated carbocycles. The summed E-state index contributed by atoms with van der Waals surface area (Å²) in [6, 6.07) is 0. The highest BCUT2D eigenvalue weighted by Gasteiger charge is 2.34. The maximum absolute atomic E-state index is 12.8. The molecule has 0 aliphatic rings. The minimum Gasteiger partial charge on any atom is -0.509 e. The van der Waals surface area contributed by atoms with Gasteiger partial charge in [0.05, 0.1) is 15.1 Å². The van der Waals surface area contributed by atoms with Gasteiger partial charge in [0.1, 0.15) is 16.6 Å². The molecule has 1 N–H and O–H groups in total. The van der Waals surface area contributed by atoms with E-state index in [0.717, 1.165) is 11.8 Å². The molecule has 1 aromatic heterocycles. The van der Waals surface area contributed by atoms with E-state index in [-0.39, 0.29) is 26.0 Å². The molecule has 0 aliphatic carbocycles. The molecule has 0 amide bonds. The van der Waals surface area contributed by atoms with Gasteiger partial charge in [-0.2, -0.15) is 13.2 Å². The molecule has 10 heteroatoms. The fourth-order valence-electron chi connectivity index (χ4n) is 1.32. The monoisotopic (exact) mass is 404 g/mol. The van der Waals surface area contributed by atoms with Gasteiger partial charge in [-0.05, 0) is 6.92 Å². The first-order valence-corrected chi connectivity index (χ1v) is 7.97. The van der Waals surface area contributed by atoms with Gasteiger partial charge in [0, 0.05) is 23.6 Å². The molecule has 0 aromatic carbocycles. The molecule has 1 rings (SSSR count). The quantitative estimate of drug-likeness (QED) is 0.213. The van der Waals surface area contributed by atoms with E-state index in [1.54, 1.807) is 0 Å². The smallest absolute Gasteiger partial charge is 0.433 e. The zero-order valence-corrected chi connectivity index (χ0v) is 14.7. The Morgan fingerprint density at radius 3 is 2.57 bits per heavy atom. The van der Waals surface area contributed by atoms with Gasteiger partial charge in [0.15, 0.2) is 0 Å². The molecule has 0 unspecified atom stereocenters. The van der Waals surface area contributed by atoms with Gasteiger partial charge in [-0.25, -0.2) is 9.98 Å². The van der Waals surface area contributed by atoms with Crippen LogP contribution in [0, 0.1) is 0 Å². The fraction of sp³-hybridized carbons (Fsp3) is 0.231. The molecule has 0 fully saturated rings. The van der Waals surface area contributed by atoms with Crippen molar-refractivity contribution in [3.63, 3.8) is 0 Å². The lowest BCUT2D eigenvalue weighted by molar-refractivity contribution is -0.0925. The van der Waals surface area contributed by atoms with Gasteiger partial charge in [-0.3, -0.25) is 0 Å². The molecule has 1 aromatic rings. The summed E-state index contributed by atoms with van der Waals surface area (Å²) in [5.41, 5.74) is -0.822. The average molecular weight is 406 g/mol. The Bertz CT molecular complexity index is 675. The van der Waals surface area contributed by atoms with E-state index in [4.69, 9.17) is 39.9 Å². The minimum atomic E-state index is -4.72. The van der Waals surface area contributed by atoms with Crippen molar-refractivity contribution in [1.29, 1.82) is 0 Å². The summed E-state index contributed by atoms with van der Waals surface area (Å²) in [4.78, 5) is 7.19. The van der Waals surface area contributed by atoms with E-state index in [2.05, 4.69) is 16.6 Å². The van der Waals surface area contributed by atoms with Crippen LogP contribution in [0.1, 0.15) is 12.5 Å². The van der Waals surface area contributed by atoms with Crippen molar-refractivity contribution in [2.75, 3.05) is 0 Å². The number of pyridine rings is 1. The summed E-state index contributed by atoms with van der Waals surface area (Å²) in [5, 5.41) is 9.43. The third kappa shape index (κ3) is 6.25. The second-order valence-corrected chi connectivity index (χ2v) is 6.44. The number of allylic oxidation sites excluding steroid dienone is 2. The first-order valence-electron chi connectivity index (χ1n) is 5.85. The van der Waals surface area contributed by atoms with Crippen LogP contribution in [-0.2, 0) is 5.75 Å². The number of hydrogen-bond acceptors (Lipinski definition) is 4. The number of hydrogen-bond donors (Lipinski definition) is 1. The zero-order valence-electron chi connectivity index (χ0n) is 11.6. The third-order valence-corrected chi connectivity index (χ3v) is 4.38. The molecule has 126 valence electrons. The van der Waals surface area contributed by atoms with Crippen LogP contribution in [0.2, 0.25) is 15.2 Å². The summed E-state index contributed by atoms with van der Waals surface area (Å²) in [6.45, 7) is 4.37. The normalized spacial score (nSPS) is 13.3. The van der Waals surface area contributed by atoms with Gasteiger partial charge >= 0.3 is 6.18 Å². The SMILES string of the molecule is C=C(O)/C=C(\N=C(C)SCc1c(Cl)cnc(Cl)c1Cl)C(F)(F)F. The fourth-order valence-corrected chi connectivity index (χ4v) is 2.94. The highest BCUT2D eigenvalue weighted by Crippen LogP contribution is 2.33. The summed E-state index contributed by atoms with van der Waals surface area (Å²) < 4.78 is 38.3. The van der Waals surface area contributed by atoms with E-state index < -0.39 is 17.6 Å². The van der Waals surface area contributed by atoms with E-state index in [9.17, 15) is 13.2 Å². The van der Waals surface area contributed by atoms with E-state index in [0.29, 0.717) is 11.6 Å². The number of nitrogens with zero attached hydrogens (tertiary/aromatic N) is 2. The number of rotatable bonds is 4. The van der Waals surface area contributed by atoms with Crippen LogP contribution >= 0.6 is 46.6 Å². The Morgan fingerprint density at radius 2 is 2.04 bits per heavy atom. The Morgan fingerprint density at radius 1 is 1.43 bits per heavy atom. The van der Waals surface area contributed by atoms with Crippen LogP contribution in [0.15, 0.2) is 35.3 Å². The van der Waals surface area contributed by atoms with Gasteiger partial charge in [0.2, 0.25) is 0 Å². The van der Waals surface area contributed by atoms with Crippen molar-refractivity contribution in [2.45, 2.75) is 18.9 Å². The lowest BCUT2D eigenvalue weighted by Gasteiger charge is -2.10. The lowest BCUT2D eigenvalue weighted by atomic mass is 10.3.